The maximum absolute atomic E-state index is 13.8. The van der Waals surface area contributed by atoms with Crippen LogP contribution in [0.5, 0.6) is 0 Å². The smallest absolute Gasteiger partial charge is 0.333 e. The molecule has 2 amide bonds. The Kier molecular flexibility index (Phi) is 7.58. The molecule has 1 aliphatic carbocycles. The number of hydrogen-bond acceptors (Lipinski definition) is 6. The van der Waals surface area contributed by atoms with E-state index in [0.29, 0.717) is 34.3 Å². The Balaban J connectivity index is 1.16. The molecule has 5 aromatic rings. The van der Waals surface area contributed by atoms with Crippen molar-refractivity contribution >= 4 is 40.3 Å². The highest BCUT2D eigenvalue weighted by Gasteiger charge is 2.26. The average molecular weight is 585 g/mol. The van der Waals surface area contributed by atoms with Crippen LogP contribution in [0.3, 0.4) is 0 Å². The van der Waals surface area contributed by atoms with Gasteiger partial charge in [0, 0.05) is 24.8 Å². The molecule has 4 heterocycles. The number of pyridine rings is 2. The number of carbonyl (C=O) groups excluding carboxylic acids is 2. The van der Waals surface area contributed by atoms with Crippen LogP contribution in [0, 0.1) is 12.8 Å². The molecule has 0 bridgehead atoms. The third-order valence-corrected chi connectivity index (χ3v) is 7.95. The van der Waals surface area contributed by atoms with E-state index in [1.807, 2.05) is 28.8 Å². The molecule has 11 nitrogen and oxygen atoms in total. The zero-order valence-corrected chi connectivity index (χ0v) is 23.6. The van der Waals surface area contributed by atoms with E-state index in [9.17, 15) is 14.4 Å². The average Bonchev–Trinajstić information content (AvgIpc) is 3.61. The van der Waals surface area contributed by atoms with Gasteiger partial charge in [0.05, 0.1) is 45.4 Å². The molecule has 4 aromatic heterocycles. The van der Waals surface area contributed by atoms with Crippen molar-refractivity contribution in [3.63, 3.8) is 0 Å². The predicted octanol–water partition coefficient (Wildman–Crippen LogP) is 4.51. The van der Waals surface area contributed by atoms with Crippen LogP contribution in [0.2, 0.25) is 5.02 Å². The van der Waals surface area contributed by atoms with Crippen LogP contribution in [0.4, 0.5) is 5.82 Å². The fourth-order valence-electron chi connectivity index (χ4n) is 5.55. The minimum atomic E-state index is -0.383. The summed E-state index contributed by atoms with van der Waals surface area (Å²) in [6, 6.07) is 14.3. The lowest BCUT2D eigenvalue weighted by molar-refractivity contribution is 0.0918. The van der Waals surface area contributed by atoms with Crippen molar-refractivity contribution in [2.45, 2.75) is 45.2 Å². The predicted molar refractivity (Wildman–Crippen MR) is 159 cm³/mol. The van der Waals surface area contributed by atoms with Crippen LogP contribution < -0.4 is 16.3 Å². The van der Waals surface area contributed by atoms with Crippen LogP contribution in [0.25, 0.3) is 16.7 Å². The molecule has 3 N–H and O–H groups in total. The van der Waals surface area contributed by atoms with Crippen molar-refractivity contribution in [3.05, 3.63) is 99.6 Å². The Morgan fingerprint density at radius 3 is 2.50 bits per heavy atom. The number of rotatable bonds is 7. The maximum atomic E-state index is 13.8. The van der Waals surface area contributed by atoms with Crippen molar-refractivity contribution in [1.29, 1.82) is 0 Å². The molecule has 0 radical (unpaired) electrons. The Labute approximate surface area is 246 Å². The monoisotopic (exact) mass is 584 g/mol. The lowest BCUT2D eigenvalue weighted by Gasteiger charge is -2.29. The number of halogens is 1. The quantitative estimate of drug-likeness (QED) is 0.257. The first-order valence-electron chi connectivity index (χ1n) is 13.8. The minimum Gasteiger partial charge on any atom is -0.349 e. The summed E-state index contributed by atoms with van der Waals surface area (Å²) >= 11 is 6.04. The number of benzene rings is 1. The number of aromatic nitrogens is 6. The van der Waals surface area contributed by atoms with Gasteiger partial charge >= 0.3 is 5.69 Å². The van der Waals surface area contributed by atoms with E-state index in [4.69, 9.17) is 11.6 Å². The van der Waals surface area contributed by atoms with Gasteiger partial charge in [0.25, 0.3) is 11.8 Å². The number of para-hydroxylation sites is 2. The highest BCUT2D eigenvalue weighted by molar-refractivity contribution is 6.30. The first-order chi connectivity index (χ1) is 20.4. The maximum Gasteiger partial charge on any atom is 0.333 e. The number of anilines is 1. The van der Waals surface area contributed by atoms with Gasteiger partial charge in [-0.25, -0.2) is 9.78 Å². The van der Waals surface area contributed by atoms with E-state index in [-0.39, 0.29) is 35.2 Å². The lowest BCUT2D eigenvalue weighted by Crippen LogP contribution is -2.39. The number of imidazole rings is 1. The largest absolute Gasteiger partial charge is 0.349 e. The van der Waals surface area contributed by atoms with E-state index in [0.717, 1.165) is 36.7 Å². The molecule has 0 spiro atoms. The molecule has 12 heteroatoms. The molecule has 6 rings (SSSR count). The first kappa shape index (κ1) is 27.4. The molecule has 0 saturated heterocycles. The number of aromatic amines is 1. The molecule has 1 saturated carbocycles. The zero-order valence-electron chi connectivity index (χ0n) is 22.9. The number of aryl methyl sites for hydroxylation is 1. The number of nitrogens with one attached hydrogen (secondary N) is 3. The summed E-state index contributed by atoms with van der Waals surface area (Å²) in [5.74, 6) is 0.210. The number of hydrogen-bond donors (Lipinski definition) is 3. The Morgan fingerprint density at radius 2 is 1.79 bits per heavy atom. The van der Waals surface area contributed by atoms with Gasteiger partial charge in [-0.05, 0) is 68.9 Å². The molecule has 1 aromatic carbocycles. The Morgan fingerprint density at radius 1 is 1.00 bits per heavy atom. The molecule has 42 heavy (non-hydrogen) atoms. The van der Waals surface area contributed by atoms with E-state index in [1.165, 1.54) is 12.4 Å². The van der Waals surface area contributed by atoms with Gasteiger partial charge in [0.1, 0.15) is 11.5 Å². The summed E-state index contributed by atoms with van der Waals surface area (Å²) in [6.45, 7) is 2.36. The summed E-state index contributed by atoms with van der Waals surface area (Å²) in [5.41, 5.74) is 3.37. The van der Waals surface area contributed by atoms with Gasteiger partial charge in [0.2, 0.25) is 0 Å². The minimum absolute atomic E-state index is 0.0558. The van der Waals surface area contributed by atoms with Crippen LogP contribution in [0.1, 0.15) is 52.2 Å². The van der Waals surface area contributed by atoms with Gasteiger partial charge in [0.15, 0.2) is 0 Å². The fraction of sp³-hybridized carbons (Fsp3) is 0.267. The zero-order chi connectivity index (χ0) is 29.2. The SMILES string of the molecule is Cc1ncc(Cl)cc1C(=O)NC1CCC(Cn2c(=O)n(-c3ccc(C(=O)Nc4ccn[nH]4)nc3)c3ccccc32)CC1. The molecule has 214 valence electrons. The van der Waals surface area contributed by atoms with Gasteiger partial charge in [-0.15, -0.1) is 0 Å². The van der Waals surface area contributed by atoms with Crippen molar-refractivity contribution in [3.8, 4) is 5.69 Å². The number of fused-ring (bicyclic) bond motifs is 1. The van der Waals surface area contributed by atoms with Crippen molar-refractivity contribution in [1.82, 2.24) is 34.6 Å². The van der Waals surface area contributed by atoms with E-state index in [1.54, 1.807) is 42.0 Å². The molecule has 1 aliphatic rings. The molecular formula is C30H29ClN8O3. The fourth-order valence-corrected chi connectivity index (χ4v) is 5.70. The summed E-state index contributed by atoms with van der Waals surface area (Å²) < 4.78 is 3.45. The molecular weight excluding hydrogens is 556 g/mol. The number of nitrogens with zero attached hydrogens (tertiary/aromatic N) is 5. The van der Waals surface area contributed by atoms with Crippen LogP contribution in [0.15, 0.2) is 71.9 Å². The highest BCUT2D eigenvalue weighted by atomic mass is 35.5. The second kappa shape index (κ2) is 11.6. The Hall–Kier alpha value is -4.77. The number of carbonyl (C=O) groups is 2. The van der Waals surface area contributed by atoms with Crippen LogP contribution in [-0.2, 0) is 6.54 Å². The van der Waals surface area contributed by atoms with E-state index < -0.39 is 0 Å². The molecule has 1 fully saturated rings. The summed E-state index contributed by atoms with van der Waals surface area (Å²) in [4.78, 5) is 47.6. The second-order valence-electron chi connectivity index (χ2n) is 10.5. The van der Waals surface area contributed by atoms with Crippen LogP contribution >= 0.6 is 11.6 Å². The third kappa shape index (κ3) is 5.55. The topological polar surface area (TPSA) is 140 Å². The highest BCUT2D eigenvalue weighted by Crippen LogP contribution is 2.28. The number of amides is 2. The van der Waals surface area contributed by atoms with Gasteiger partial charge in [-0.3, -0.25) is 28.8 Å². The second-order valence-corrected chi connectivity index (χ2v) is 11.0. The van der Waals surface area contributed by atoms with Crippen molar-refractivity contribution < 1.29 is 9.59 Å². The summed E-state index contributed by atoms with van der Waals surface area (Å²) in [5, 5.41) is 12.7. The van der Waals surface area contributed by atoms with Gasteiger partial charge in [-0.2, -0.15) is 5.10 Å². The third-order valence-electron chi connectivity index (χ3n) is 7.74. The van der Waals surface area contributed by atoms with Gasteiger partial charge in [-0.1, -0.05) is 23.7 Å². The van der Waals surface area contributed by atoms with Crippen molar-refractivity contribution in [2.24, 2.45) is 5.92 Å². The molecule has 0 atom stereocenters. The summed E-state index contributed by atoms with van der Waals surface area (Å²) in [6.07, 6.45) is 8.01. The summed E-state index contributed by atoms with van der Waals surface area (Å²) in [7, 11) is 0. The molecule has 0 aliphatic heterocycles. The standard InChI is InChI=1S/C30H29ClN8O3/c1-18-23(14-20(31)15-32-18)28(40)35-21-8-6-19(7-9-21)17-38-25-4-2-3-5-26(25)39(30(38)42)22-10-11-24(33-16-22)29(41)36-27-12-13-34-37-27/h2-5,10-16,19,21H,6-9,17H2,1H3,(H,35,40)(H2,34,36,37,41). The normalized spacial score (nSPS) is 16.8. The molecule has 0 unspecified atom stereocenters. The van der Waals surface area contributed by atoms with E-state index >= 15 is 0 Å². The first-order valence-corrected chi connectivity index (χ1v) is 14.2. The van der Waals surface area contributed by atoms with Gasteiger partial charge < -0.3 is 10.6 Å². The lowest BCUT2D eigenvalue weighted by atomic mass is 9.85. The van der Waals surface area contributed by atoms with E-state index in [2.05, 4.69) is 30.8 Å². The van der Waals surface area contributed by atoms with Crippen LogP contribution in [-0.4, -0.2) is 47.2 Å². The Bertz CT molecular complexity index is 1800. The van der Waals surface area contributed by atoms with Crippen molar-refractivity contribution in [2.75, 3.05) is 5.32 Å². The number of H-pyrrole nitrogens is 1.